The van der Waals surface area contributed by atoms with Crippen molar-refractivity contribution in [2.24, 2.45) is 11.8 Å². The fraction of sp³-hybridized carbons (Fsp3) is 0.571. The molecule has 2 fully saturated rings. The number of nitrogens with one attached hydrogen (secondary N) is 1. The van der Waals surface area contributed by atoms with Gasteiger partial charge in [0.1, 0.15) is 0 Å². The molecule has 5 heteroatoms. The summed E-state index contributed by atoms with van der Waals surface area (Å²) in [6, 6.07) is 7.14. The maximum Gasteiger partial charge on any atom is 0.0973 e. The van der Waals surface area contributed by atoms with Crippen molar-refractivity contribution in [2.75, 3.05) is 32.4 Å². The third kappa shape index (κ3) is 2.59. The van der Waals surface area contributed by atoms with Crippen molar-refractivity contribution in [3.8, 4) is 0 Å². The van der Waals surface area contributed by atoms with Gasteiger partial charge in [-0.15, -0.1) is 11.3 Å². The van der Waals surface area contributed by atoms with Crippen molar-refractivity contribution in [3.63, 3.8) is 0 Å². The van der Waals surface area contributed by atoms with E-state index in [1.54, 1.807) is 0 Å². The van der Waals surface area contributed by atoms with Gasteiger partial charge in [0, 0.05) is 19.0 Å². The van der Waals surface area contributed by atoms with Crippen LogP contribution in [0.15, 0.2) is 33.9 Å². The average Bonchev–Trinajstić information content (AvgIpc) is 3.19. The summed E-state index contributed by atoms with van der Waals surface area (Å²) < 4.78 is 5.35. The van der Waals surface area contributed by atoms with Gasteiger partial charge in [0.15, 0.2) is 0 Å². The van der Waals surface area contributed by atoms with Crippen molar-refractivity contribution in [1.29, 1.82) is 0 Å². The maximum absolute atomic E-state index is 5.14. The van der Waals surface area contributed by atoms with Gasteiger partial charge in [-0.2, -0.15) is 9.35 Å². The molecular weight excluding hydrogens is 358 g/mol. The summed E-state index contributed by atoms with van der Waals surface area (Å²) in [6.45, 7) is 8.28. The van der Waals surface area contributed by atoms with E-state index in [4.69, 9.17) is 4.98 Å². The Labute approximate surface area is 161 Å². The van der Waals surface area contributed by atoms with E-state index in [0.717, 1.165) is 12.5 Å². The number of likely N-dealkylation sites (tertiary alicyclic amines) is 1. The van der Waals surface area contributed by atoms with Crippen molar-refractivity contribution in [3.05, 3.63) is 34.0 Å². The Morgan fingerprint density at radius 2 is 2.08 bits per heavy atom. The third-order valence-electron chi connectivity index (χ3n) is 7.00. The van der Waals surface area contributed by atoms with Crippen LogP contribution in [0.1, 0.15) is 37.6 Å². The molecule has 3 atom stereocenters. The third-order valence-corrected chi connectivity index (χ3v) is 13.1. The Balaban J connectivity index is 1.48. The van der Waals surface area contributed by atoms with Crippen molar-refractivity contribution < 1.29 is 0 Å². The van der Waals surface area contributed by atoms with Crippen LogP contribution in [0.4, 0.5) is 0 Å². The van der Waals surface area contributed by atoms with Crippen molar-refractivity contribution in [2.45, 2.75) is 37.5 Å². The zero-order valence-corrected chi connectivity index (χ0v) is 17.8. The molecule has 5 rings (SSSR count). The number of hydrogen-bond donors (Lipinski definition) is 2. The summed E-state index contributed by atoms with van der Waals surface area (Å²) in [5.41, 5.74) is 1.22. The molecule has 3 nitrogen and oxygen atoms in total. The fourth-order valence-electron chi connectivity index (χ4n) is 4.95. The molecule has 3 aliphatic heterocycles. The number of rotatable bonds is 2. The molecule has 26 heavy (non-hydrogen) atoms. The lowest BCUT2D eigenvalue weighted by Gasteiger charge is -2.52. The van der Waals surface area contributed by atoms with Crippen LogP contribution < -0.4 is 4.72 Å². The lowest BCUT2D eigenvalue weighted by atomic mass is 9.88. The van der Waals surface area contributed by atoms with Crippen LogP contribution in [0.3, 0.4) is 0 Å². The van der Waals surface area contributed by atoms with Crippen LogP contribution in [-0.4, -0.2) is 42.3 Å². The van der Waals surface area contributed by atoms with E-state index >= 15 is 0 Å². The summed E-state index contributed by atoms with van der Waals surface area (Å²) >= 11 is 1.93. The van der Waals surface area contributed by atoms with E-state index in [9.17, 15) is 0 Å². The van der Waals surface area contributed by atoms with Gasteiger partial charge in [0.05, 0.1) is 15.2 Å². The van der Waals surface area contributed by atoms with E-state index in [-0.39, 0.29) is 0 Å². The fourth-order valence-corrected chi connectivity index (χ4v) is 11.1. The second-order valence-electron chi connectivity index (χ2n) is 9.08. The van der Waals surface area contributed by atoms with Crippen LogP contribution in [0.5, 0.6) is 0 Å². The molecule has 0 aliphatic carbocycles. The standard InChI is InChI=1S/C21H31N3S2/c1-15-7-9-26(10-11-26,22-13-15)17-4-5-20-19(12-17)23-21(25-20)18-6-8-24(3)14-16(18)2/h4-5,10-12,15-16,18,22,26H,6-9,13-14H2,1-3H3/t15-,16+,18?/m0/s1. The zero-order valence-electron chi connectivity index (χ0n) is 16.1. The number of thiol groups is 1. The Morgan fingerprint density at radius 1 is 1.23 bits per heavy atom. The van der Waals surface area contributed by atoms with Gasteiger partial charge in [-0.1, -0.05) is 13.8 Å². The number of fused-ring (bicyclic) bond motifs is 1. The molecule has 1 unspecified atom stereocenters. The van der Waals surface area contributed by atoms with E-state index in [0.29, 0.717) is 11.8 Å². The number of nitrogens with zero attached hydrogens (tertiary/aromatic N) is 2. The van der Waals surface area contributed by atoms with Crippen LogP contribution >= 0.6 is 20.7 Å². The molecule has 0 saturated carbocycles. The number of aromatic nitrogens is 1. The molecule has 2 saturated heterocycles. The first-order valence-electron chi connectivity index (χ1n) is 10.0. The minimum Gasteiger partial charge on any atom is -0.306 e. The molecule has 3 aliphatic rings. The molecule has 142 valence electrons. The molecule has 1 spiro atoms. The largest absolute Gasteiger partial charge is 0.306 e. The topological polar surface area (TPSA) is 28.2 Å². The highest BCUT2D eigenvalue weighted by Crippen LogP contribution is 2.85. The summed E-state index contributed by atoms with van der Waals surface area (Å²) in [7, 11) is 0.236. The van der Waals surface area contributed by atoms with Gasteiger partial charge in [-0.05, 0) is 77.9 Å². The first kappa shape index (κ1) is 17.2. The molecular formula is C21H31N3S2. The number of benzene rings is 1. The van der Waals surface area contributed by atoms with Crippen molar-refractivity contribution in [1.82, 2.24) is 14.6 Å². The van der Waals surface area contributed by atoms with E-state index in [1.807, 2.05) is 11.3 Å². The maximum atomic E-state index is 5.14. The van der Waals surface area contributed by atoms with Crippen molar-refractivity contribution >= 4 is 30.9 Å². The van der Waals surface area contributed by atoms with Crippen LogP contribution in [0.25, 0.3) is 10.2 Å². The minimum atomic E-state index is -2.00. The predicted molar refractivity (Wildman–Crippen MR) is 117 cm³/mol. The first-order valence-corrected chi connectivity index (χ1v) is 13.4. The Kier molecular flexibility index (Phi) is 3.85. The number of thiazole rings is 1. The van der Waals surface area contributed by atoms with Crippen LogP contribution in [0.2, 0.25) is 0 Å². The zero-order chi connectivity index (χ0) is 18.0. The summed E-state index contributed by atoms with van der Waals surface area (Å²) in [6.07, 6.45) is 2.58. The molecule has 0 radical (unpaired) electrons. The predicted octanol–water partition coefficient (Wildman–Crippen LogP) is 4.81. The van der Waals surface area contributed by atoms with Crippen LogP contribution in [0, 0.1) is 11.8 Å². The molecule has 0 bridgehead atoms. The molecule has 0 amide bonds. The van der Waals surface area contributed by atoms with Gasteiger partial charge in [-0.25, -0.2) is 4.98 Å². The van der Waals surface area contributed by atoms with Gasteiger partial charge in [0.2, 0.25) is 0 Å². The quantitative estimate of drug-likeness (QED) is 0.722. The lowest BCUT2D eigenvalue weighted by Crippen LogP contribution is -2.36. The summed E-state index contributed by atoms with van der Waals surface area (Å²) in [4.78, 5) is 9.11. The smallest absolute Gasteiger partial charge is 0.0973 e. The molecule has 4 heterocycles. The first-order chi connectivity index (χ1) is 12.5. The number of hydrogen-bond acceptors (Lipinski definition) is 4. The van der Waals surface area contributed by atoms with Crippen LogP contribution in [-0.2, 0) is 0 Å². The van der Waals surface area contributed by atoms with E-state index in [1.165, 1.54) is 51.8 Å². The lowest BCUT2D eigenvalue weighted by molar-refractivity contribution is 0.195. The van der Waals surface area contributed by atoms with E-state index in [2.05, 4.69) is 59.5 Å². The Morgan fingerprint density at radius 3 is 2.77 bits per heavy atom. The molecule has 1 aromatic carbocycles. The molecule has 1 aromatic heterocycles. The van der Waals surface area contributed by atoms with Gasteiger partial charge >= 0.3 is 0 Å². The normalized spacial score (nSPS) is 34.6. The summed E-state index contributed by atoms with van der Waals surface area (Å²) in [5.74, 6) is 3.43. The van der Waals surface area contributed by atoms with Gasteiger partial charge in [-0.3, -0.25) is 4.72 Å². The highest BCUT2D eigenvalue weighted by molar-refractivity contribution is 8.57. The van der Waals surface area contributed by atoms with Gasteiger partial charge < -0.3 is 4.90 Å². The van der Waals surface area contributed by atoms with E-state index < -0.39 is 9.35 Å². The second kappa shape index (κ2) is 5.81. The Hall–Kier alpha value is -0.880. The molecule has 1 N–H and O–H groups in total. The molecule has 2 aromatic rings. The monoisotopic (exact) mass is 389 g/mol. The average molecular weight is 390 g/mol. The SMILES string of the molecule is C[C@H]1CC[SH]2(c3ccc4sc(C5CCN(C)C[C@H]5C)nc4c3)(C=C2)NC1. The highest BCUT2D eigenvalue weighted by Gasteiger charge is 2.48. The Bertz CT molecular complexity index is 869. The van der Waals surface area contributed by atoms with Gasteiger partial charge in [0.25, 0.3) is 0 Å². The minimum absolute atomic E-state index is 0.628. The summed E-state index contributed by atoms with van der Waals surface area (Å²) in [5, 5.41) is 6.37. The highest BCUT2D eigenvalue weighted by atomic mass is 32.3. The second-order valence-corrected chi connectivity index (χ2v) is 14.9. The number of piperidine rings is 1.